The summed E-state index contributed by atoms with van der Waals surface area (Å²) < 4.78 is 0. The van der Waals surface area contributed by atoms with Crippen molar-refractivity contribution < 1.29 is 4.79 Å². The molecule has 1 saturated carbocycles. The molecule has 0 amide bonds. The first kappa shape index (κ1) is 16.7. The molecule has 2 aromatic rings. The van der Waals surface area contributed by atoms with Gasteiger partial charge in [0.15, 0.2) is 5.78 Å². The van der Waals surface area contributed by atoms with E-state index in [-0.39, 0.29) is 5.78 Å². The van der Waals surface area contributed by atoms with E-state index in [0.717, 1.165) is 30.1 Å². The number of benzene rings is 2. The third-order valence-corrected chi connectivity index (χ3v) is 6.78. The molecular weight excluding hydrogens is 326 g/mol. The smallest absolute Gasteiger partial charge is 0.161 e. The zero-order valence-electron chi connectivity index (χ0n) is 14.8. The number of carbonyl (C=O) groups excluding carboxylic acids is 1. The molecule has 0 N–H and O–H groups in total. The molecule has 0 aromatic heterocycles. The van der Waals surface area contributed by atoms with Crippen molar-refractivity contribution >= 4 is 23.2 Å². The van der Waals surface area contributed by atoms with Crippen molar-refractivity contribution in [1.29, 1.82) is 0 Å². The number of hydrogen-bond donors (Lipinski definition) is 0. The zero-order valence-corrected chi connectivity index (χ0v) is 15.6. The lowest BCUT2D eigenvalue weighted by molar-refractivity contribution is 0.101. The highest BCUT2D eigenvalue weighted by atomic mass is 32.2. The van der Waals surface area contributed by atoms with Crippen LogP contribution in [-0.2, 0) is 5.75 Å². The van der Waals surface area contributed by atoms with E-state index in [9.17, 15) is 4.79 Å². The summed E-state index contributed by atoms with van der Waals surface area (Å²) in [5.74, 6) is 1.13. The summed E-state index contributed by atoms with van der Waals surface area (Å²) in [6.07, 6.45) is 5.39. The lowest BCUT2D eigenvalue weighted by Gasteiger charge is -2.35. The molecule has 1 aliphatic carbocycles. The van der Waals surface area contributed by atoms with Gasteiger partial charge in [-0.05, 0) is 61.8 Å². The molecule has 0 radical (unpaired) electrons. The Morgan fingerprint density at radius 1 is 1.04 bits per heavy atom. The summed E-state index contributed by atoms with van der Waals surface area (Å²) in [5.41, 5.74) is 4.00. The molecule has 1 spiro atoms. The fraction of sp³-hybridized carbons (Fsp3) is 0.409. The predicted octanol–water partition coefficient (Wildman–Crippen LogP) is 5.56. The number of thioether (sulfide) groups is 1. The van der Waals surface area contributed by atoms with Crippen molar-refractivity contribution in [2.75, 3.05) is 18.0 Å². The van der Waals surface area contributed by atoms with Gasteiger partial charge in [0.05, 0.1) is 0 Å². The van der Waals surface area contributed by atoms with Crippen LogP contribution in [0.3, 0.4) is 0 Å². The van der Waals surface area contributed by atoms with E-state index in [0.29, 0.717) is 5.41 Å². The Hall–Kier alpha value is -1.74. The number of nitrogens with zero attached hydrogens (tertiary/aromatic N) is 1. The van der Waals surface area contributed by atoms with Gasteiger partial charge in [0, 0.05) is 35.0 Å². The molecule has 0 unspecified atom stereocenters. The molecule has 4 rings (SSSR count). The van der Waals surface area contributed by atoms with Crippen molar-refractivity contribution in [2.24, 2.45) is 5.41 Å². The molecule has 0 bridgehead atoms. The van der Waals surface area contributed by atoms with Gasteiger partial charge >= 0.3 is 0 Å². The van der Waals surface area contributed by atoms with Crippen LogP contribution in [0.25, 0.3) is 0 Å². The van der Waals surface area contributed by atoms with E-state index in [1.54, 1.807) is 6.92 Å². The molecular formula is C22H25NOS. The number of anilines is 1. The Morgan fingerprint density at radius 2 is 1.76 bits per heavy atom. The first-order chi connectivity index (χ1) is 12.2. The molecule has 1 aliphatic heterocycles. The Labute approximate surface area is 154 Å². The SMILES string of the molecule is CC(=O)c1ccc(SCc2ccccc2)cc1N1CCC2(CC1)CC2. The van der Waals surface area contributed by atoms with Crippen LogP contribution in [0.1, 0.15) is 48.5 Å². The summed E-state index contributed by atoms with van der Waals surface area (Å²) in [4.78, 5) is 15.8. The van der Waals surface area contributed by atoms with Crippen molar-refractivity contribution in [3.8, 4) is 0 Å². The monoisotopic (exact) mass is 351 g/mol. The minimum absolute atomic E-state index is 0.168. The van der Waals surface area contributed by atoms with Gasteiger partial charge in [-0.2, -0.15) is 0 Å². The Kier molecular flexibility index (Phi) is 4.60. The maximum Gasteiger partial charge on any atom is 0.161 e. The fourth-order valence-corrected chi connectivity index (χ4v) is 4.69. The molecule has 25 heavy (non-hydrogen) atoms. The fourth-order valence-electron chi connectivity index (χ4n) is 3.80. The average Bonchev–Trinajstić information content (AvgIpc) is 3.40. The van der Waals surface area contributed by atoms with Crippen LogP contribution in [0.4, 0.5) is 5.69 Å². The van der Waals surface area contributed by atoms with Crippen LogP contribution in [0, 0.1) is 5.41 Å². The lowest BCUT2D eigenvalue weighted by atomic mass is 9.93. The van der Waals surface area contributed by atoms with E-state index in [2.05, 4.69) is 47.4 Å². The average molecular weight is 352 g/mol. The van der Waals surface area contributed by atoms with Crippen LogP contribution in [0.2, 0.25) is 0 Å². The van der Waals surface area contributed by atoms with Gasteiger partial charge in [-0.1, -0.05) is 30.3 Å². The summed E-state index contributed by atoms with van der Waals surface area (Å²) >= 11 is 1.85. The third-order valence-electron chi connectivity index (χ3n) is 5.72. The van der Waals surface area contributed by atoms with Crippen LogP contribution >= 0.6 is 11.8 Å². The molecule has 3 heteroatoms. The molecule has 2 aliphatic rings. The first-order valence-corrected chi connectivity index (χ1v) is 10.2. The second kappa shape index (κ2) is 6.87. The van der Waals surface area contributed by atoms with Gasteiger partial charge in [0.1, 0.15) is 0 Å². The molecule has 130 valence electrons. The highest BCUT2D eigenvalue weighted by molar-refractivity contribution is 7.98. The summed E-state index contributed by atoms with van der Waals surface area (Å²) in [7, 11) is 0. The Balaban J connectivity index is 1.52. The number of piperidine rings is 1. The highest BCUT2D eigenvalue weighted by Gasteiger charge is 2.44. The van der Waals surface area contributed by atoms with Crippen molar-refractivity contribution in [3.05, 3.63) is 59.7 Å². The van der Waals surface area contributed by atoms with Crippen LogP contribution in [0.15, 0.2) is 53.4 Å². The van der Waals surface area contributed by atoms with Gasteiger partial charge in [0.25, 0.3) is 0 Å². The Bertz CT molecular complexity index is 757. The molecule has 1 heterocycles. The topological polar surface area (TPSA) is 20.3 Å². The molecule has 2 aromatic carbocycles. The summed E-state index contributed by atoms with van der Waals surface area (Å²) in [6.45, 7) is 3.86. The highest BCUT2D eigenvalue weighted by Crippen LogP contribution is 2.54. The van der Waals surface area contributed by atoms with Crippen LogP contribution in [-0.4, -0.2) is 18.9 Å². The number of hydrogen-bond acceptors (Lipinski definition) is 3. The quantitative estimate of drug-likeness (QED) is 0.519. The first-order valence-electron chi connectivity index (χ1n) is 9.22. The molecule has 2 fully saturated rings. The van der Waals surface area contributed by atoms with E-state index >= 15 is 0 Å². The van der Waals surface area contributed by atoms with Gasteiger partial charge in [-0.3, -0.25) is 4.79 Å². The van der Waals surface area contributed by atoms with Gasteiger partial charge < -0.3 is 4.90 Å². The van der Waals surface area contributed by atoms with Crippen LogP contribution < -0.4 is 4.90 Å². The second-order valence-corrected chi connectivity index (χ2v) is 8.55. The van der Waals surface area contributed by atoms with Gasteiger partial charge in [-0.15, -0.1) is 11.8 Å². The third kappa shape index (κ3) is 3.77. The van der Waals surface area contributed by atoms with Crippen molar-refractivity contribution in [1.82, 2.24) is 0 Å². The van der Waals surface area contributed by atoms with Crippen molar-refractivity contribution in [2.45, 2.75) is 43.3 Å². The minimum atomic E-state index is 0.168. The maximum atomic E-state index is 12.1. The van der Waals surface area contributed by atoms with E-state index in [1.807, 2.05) is 17.8 Å². The van der Waals surface area contributed by atoms with E-state index in [4.69, 9.17) is 0 Å². The molecule has 1 saturated heterocycles. The van der Waals surface area contributed by atoms with Gasteiger partial charge in [0.2, 0.25) is 0 Å². The Morgan fingerprint density at radius 3 is 2.40 bits per heavy atom. The lowest BCUT2D eigenvalue weighted by Crippen LogP contribution is -2.35. The minimum Gasteiger partial charge on any atom is -0.371 e. The molecule has 0 atom stereocenters. The van der Waals surface area contributed by atoms with Crippen molar-refractivity contribution in [3.63, 3.8) is 0 Å². The van der Waals surface area contributed by atoms with E-state index < -0.39 is 0 Å². The van der Waals surface area contributed by atoms with Crippen LogP contribution in [0.5, 0.6) is 0 Å². The van der Waals surface area contributed by atoms with Gasteiger partial charge in [-0.25, -0.2) is 0 Å². The second-order valence-electron chi connectivity index (χ2n) is 7.50. The summed E-state index contributed by atoms with van der Waals surface area (Å²) in [6, 6.07) is 16.9. The number of Topliss-reactive ketones (excluding diaryl/α,β-unsaturated/α-hetero) is 1. The maximum absolute atomic E-state index is 12.1. The number of rotatable bonds is 5. The number of carbonyl (C=O) groups is 1. The zero-order chi connectivity index (χ0) is 17.3. The largest absolute Gasteiger partial charge is 0.371 e. The standard InChI is InChI=1S/C22H25NOS/c1-17(24)20-8-7-19(25-16-18-5-3-2-4-6-18)15-21(20)23-13-11-22(9-10-22)12-14-23/h2-8,15H,9-14,16H2,1H3. The predicted molar refractivity (Wildman–Crippen MR) is 106 cm³/mol. The number of ketones is 1. The summed E-state index contributed by atoms with van der Waals surface area (Å²) in [5, 5.41) is 0. The molecule has 2 nitrogen and oxygen atoms in total. The van der Waals surface area contributed by atoms with E-state index in [1.165, 1.54) is 36.1 Å². The normalized spacial score (nSPS) is 18.4.